The third kappa shape index (κ3) is 5.78. The van der Waals surface area contributed by atoms with Gasteiger partial charge in [0.1, 0.15) is 4.21 Å². The van der Waals surface area contributed by atoms with Crippen molar-refractivity contribution in [1.82, 2.24) is 15.4 Å². The van der Waals surface area contributed by atoms with Gasteiger partial charge >= 0.3 is 0 Å². The van der Waals surface area contributed by atoms with E-state index < -0.39 is 10.0 Å². The van der Waals surface area contributed by atoms with Crippen LogP contribution in [0.1, 0.15) is 32.6 Å². The molecule has 3 N–H and O–H groups in total. The minimum absolute atomic E-state index is 0.322. The van der Waals surface area contributed by atoms with Gasteiger partial charge in [0.05, 0.1) is 0 Å². The third-order valence-corrected chi connectivity index (χ3v) is 6.91. The van der Waals surface area contributed by atoms with E-state index in [4.69, 9.17) is 0 Å². The van der Waals surface area contributed by atoms with Crippen LogP contribution in [0.3, 0.4) is 0 Å². The van der Waals surface area contributed by atoms with Crippen LogP contribution >= 0.6 is 11.3 Å². The first-order valence-electron chi connectivity index (χ1n) is 8.01. The molecule has 23 heavy (non-hydrogen) atoms. The number of nitrogens with zero attached hydrogens (tertiary/aromatic N) is 1. The zero-order valence-corrected chi connectivity index (χ0v) is 15.3. The Kier molecular flexibility index (Phi) is 6.86. The number of guanidine groups is 1. The van der Waals surface area contributed by atoms with Crippen LogP contribution in [0.4, 0.5) is 0 Å². The normalized spacial score (nSPS) is 22.8. The number of nitrogens with one attached hydrogen (secondary N) is 3. The number of thiophene rings is 1. The predicted molar refractivity (Wildman–Crippen MR) is 95.4 cm³/mol. The summed E-state index contributed by atoms with van der Waals surface area (Å²) in [5.74, 6) is 1.55. The fourth-order valence-corrected chi connectivity index (χ4v) is 4.72. The smallest absolute Gasteiger partial charge is 0.250 e. The highest BCUT2D eigenvalue weighted by molar-refractivity contribution is 7.91. The van der Waals surface area contributed by atoms with Crippen molar-refractivity contribution in [2.24, 2.45) is 10.9 Å². The Balaban J connectivity index is 1.70. The van der Waals surface area contributed by atoms with Gasteiger partial charge in [0.2, 0.25) is 10.0 Å². The molecule has 8 heteroatoms. The molecule has 0 amide bonds. The fraction of sp³-hybridized carbons (Fsp3) is 0.667. The highest BCUT2D eigenvalue weighted by Crippen LogP contribution is 2.23. The van der Waals surface area contributed by atoms with Crippen molar-refractivity contribution in [3.8, 4) is 0 Å². The lowest BCUT2D eigenvalue weighted by atomic mass is 9.87. The van der Waals surface area contributed by atoms with Gasteiger partial charge < -0.3 is 10.6 Å². The van der Waals surface area contributed by atoms with E-state index in [0.29, 0.717) is 23.3 Å². The lowest BCUT2D eigenvalue weighted by Crippen LogP contribution is -2.46. The molecule has 1 saturated carbocycles. The molecule has 0 radical (unpaired) electrons. The topological polar surface area (TPSA) is 82.6 Å². The molecule has 1 aromatic heterocycles. The molecule has 1 aliphatic rings. The quantitative estimate of drug-likeness (QED) is 0.411. The first-order chi connectivity index (χ1) is 11.0. The zero-order valence-electron chi connectivity index (χ0n) is 13.7. The molecule has 1 heterocycles. The predicted octanol–water partition coefficient (Wildman–Crippen LogP) is 1.77. The van der Waals surface area contributed by atoms with Gasteiger partial charge in [0.15, 0.2) is 5.96 Å². The SMILES string of the molecule is CN=C(NCCNS(=O)(=O)c1cccs1)NC1CCC(C)CC1. The molecule has 130 valence electrons. The van der Waals surface area contributed by atoms with Gasteiger partial charge in [-0.3, -0.25) is 4.99 Å². The zero-order chi connectivity index (χ0) is 16.7. The van der Waals surface area contributed by atoms with Crippen molar-refractivity contribution < 1.29 is 8.42 Å². The lowest BCUT2D eigenvalue weighted by molar-refractivity contribution is 0.329. The van der Waals surface area contributed by atoms with Crippen LogP contribution < -0.4 is 15.4 Å². The highest BCUT2D eigenvalue weighted by Gasteiger charge is 2.19. The van der Waals surface area contributed by atoms with Crippen LogP contribution in [0.25, 0.3) is 0 Å². The van der Waals surface area contributed by atoms with E-state index in [0.717, 1.165) is 24.7 Å². The second-order valence-electron chi connectivity index (χ2n) is 5.93. The van der Waals surface area contributed by atoms with E-state index in [9.17, 15) is 8.42 Å². The average molecular weight is 359 g/mol. The molecule has 0 spiro atoms. The molecular weight excluding hydrogens is 332 g/mol. The van der Waals surface area contributed by atoms with Crippen molar-refractivity contribution >= 4 is 27.3 Å². The van der Waals surface area contributed by atoms with E-state index in [2.05, 4.69) is 27.3 Å². The fourth-order valence-electron chi connectivity index (χ4n) is 2.65. The highest BCUT2D eigenvalue weighted by atomic mass is 32.2. The molecule has 1 fully saturated rings. The Morgan fingerprint density at radius 3 is 2.65 bits per heavy atom. The van der Waals surface area contributed by atoms with Crippen LogP contribution in [0.15, 0.2) is 26.7 Å². The van der Waals surface area contributed by atoms with Crippen LogP contribution in [-0.2, 0) is 10.0 Å². The van der Waals surface area contributed by atoms with Crippen LogP contribution in [0.2, 0.25) is 0 Å². The van der Waals surface area contributed by atoms with Gasteiger partial charge in [-0.1, -0.05) is 13.0 Å². The summed E-state index contributed by atoms with van der Waals surface area (Å²) in [5.41, 5.74) is 0. The van der Waals surface area contributed by atoms with Crippen LogP contribution in [-0.4, -0.2) is 40.6 Å². The largest absolute Gasteiger partial charge is 0.355 e. The number of hydrogen-bond acceptors (Lipinski definition) is 4. The van der Waals surface area contributed by atoms with E-state index in [-0.39, 0.29) is 0 Å². The van der Waals surface area contributed by atoms with E-state index in [1.807, 2.05) is 0 Å². The summed E-state index contributed by atoms with van der Waals surface area (Å²) < 4.78 is 26.9. The number of rotatable bonds is 6. The second kappa shape index (κ2) is 8.65. The molecule has 2 rings (SSSR count). The Morgan fingerprint density at radius 2 is 2.04 bits per heavy atom. The summed E-state index contributed by atoms with van der Waals surface area (Å²) >= 11 is 1.22. The van der Waals surface area contributed by atoms with Crippen molar-refractivity contribution in [2.45, 2.75) is 42.9 Å². The molecule has 0 bridgehead atoms. The summed E-state index contributed by atoms with van der Waals surface area (Å²) in [7, 11) is -1.65. The molecule has 1 aliphatic carbocycles. The summed E-state index contributed by atoms with van der Waals surface area (Å²) in [6, 6.07) is 3.79. The number of sulfonamides is 1. The molecule has 6 nitrogen and oxygen atoms in total. The van der Waals surface area contributed by atoms with Crippen LogP contribution in [0, 0.1) is 5.92 Å². The summed E-state index contributed by atoms with van der Waals surface area (Å²) in [4.78, 5) is 4.20. The summed E-state index contributed by atoms with van der Waals surface area (Å²) in [5, 5.41) is 8.33. The molecular formula is C15H26N4O2S2. The van der Waals surface area contributed by atoms with Crippen molar-refractivity contribution in [2.75, 3.05) is 20.1 Å². The number of aliphatic imine (C=N–C) groups is 1. The minimum atomic E-state index is -3.39. The molecule has 0 saturated heterocycles. The van der Waals surface area contributed by atoms with Gasteiger partial charge in [-0.15, -0.1) is 11.3 Å². The average Bonchev–Trinajstić information content (AvgIpc) is 3.07. The van der Waals surface area contributed by atoms with E-state index >= 15 is 0 Å². The maximum absolute atomic E-state index is 12.0. The monoisotopic (exact) mass is 358 g/mol. The first-order valence-corrected chi connectivity index (χ1v) is 10.4. The van der Waals surface area contributed by atoms with Crippen molar-refractivity contribution in [1.29, 1.82) is 0 Å². The third-order valence-electron chi connectivity index (χ3n) is 4.05. The van der Waals surface area contributed by atoms with Gasteiger partial charge in [-0.2, -0.15) is 0 Å². The van der Waals surface area contributed by atoms with Crippen molar-refractivity contribution in [3.63, 3.8) is 0 Å². The number of hydrogen-bond donors (Lipinski definition) is 3. The second-order valence-corrected chi connectivity index (χ2v) is 8.87. The Bertz CT molecular complexity index is 591. The van der Waals surface area contributed by atoms with Crippen molar-refractivity contribution in [3.05, 3.63) is 17.5 Å². The Hall–Kier alpha value is -1.12. The van der Waals surface area contributed by atoms with Gasteiger partial charge in [-0.25, -0.2) is 13.1 Å². The molecule has 0 atom stereocenters. The molecule has 0 unspecified atom stereocenters. The van der Waals surface area contributed by atoms with Gasteiger partial charge in [0, 0.05) is 26.2 Å². The Morgan fingerprint density at radius 1 is 1.30 bits per heavy atom. The standard InChI is InChI=1S/C15H26N4O2S2/c1-12-5-7-13(8-6-12)19-15(16-2)17-9-10-18-23(20,21)14-4-3-11-22-14/h3-4,11-13,18H,5-10H2,1-2H3,(H2,16,17,19). The maximum Gasteiger partial charge on any atom is 0.250 e. The molecule has 0 aliphatic heterocycles. The van der Waals surface area contributed by atoms with E-state index in [1.165, 1.54) is 24.2 Å². The van der Waals surface area contributed by atoms with Gasteiger partial charge in [-0.05, 0) is 43.0 Å². The maximum atomic E-state index is 12.0. The first kappa shape index (κ1) is 18.2. The lowest BCUT2D eigenvalue weighted by Gasteiger charge is -2.28. The summed E-state index contributed by atoms with van der Waals surface area (Å²) in [6.07, 6.45) is 4.81. The van der Waals surface area contributed by atoms with Gasteiger partial charge in [0.25, 0.3) is 0 Å². The summed E-state index contributed by atoms with van der Waals surface area (Å²) in [6.45, 7) is 3.11. The Labute approximate surface area is 142 Å². The van der Waals surface area contributed by atoms with Crippen LogP contribution in [0.5, 0.6) is 0 Å². The van der Waals surface area contributed by atoms with E-state index in [1.54, 1.807) is 24.6 Å². The molecule has 0 aromatic carbocycles. The minimum Gasteiger partial charge on any atom is -0.355 e. The molecule has 1 aromatic rings.